The van der Waals surface area contributed by atoms with Crippen molar-refractivity contribution in [1.29, 1.82) is 0 Å². The van der Waals surface area contributed by atoms with Crippen LogP contribution < -0.4 is 5.32 Å². The number of ketones is 1. The Morgan fingerprint density at radius 1 is 1.32 bits per heavy atom. The van der Waals surface area contributed by atoms with Gasteiger partial charge in [-0.05, 0) is 32.0 Å². The van der Waals surface area contributed by atoms with Crippen LogP contribution in [0.3, 0.4) is 0 Å². The van der Waals surface area contributed by atoms with Crippen LogP contribution in [0.1, 0.15) is 30.2 Å². The first-order valence-electron chi connectivity index (χ1n) is 5.99. The van der Waals surface area contributed by atoms with E-state index in [1.54, 1.807) is 54.3 Å². The fourth-order valence-electron chi connectivity index (χ4n) is 1.69. The molecule has 2 rings (SSSR count). The van der Waals surface area contributed by atoms with Crippen molar-refractivity contribution in [2.24, 2.45) is 0 Å². The van der Waals surface area contributed by atoms with Crippen LogP contribution in [0.2, 0.25) is 0 Å². The summed E-state index contributed by atoms with van der Waals surface area (Å²) in [7, 11) is 0. The maximum atomic E-state index is 12.0. The number of Topliss-reactive ketones (excluding diaryl/α,β-unsaturated/α-hetero) is 1. The second-order valence-electron chi connectivity index (χ2n) is 4.29. The summed E-state index contributed by atoms with van der Waals surface area (Å²) < 4.78 is 1.57. The second kappa shape index (κ2) is 5.48. The normalized spacial score (nSPS) is 11.9. The third-order valence-electron chi connectivity index (χ3n) is 2.84. The lowest BCUT2D eigenvalue weighted by Gasteiger charge is -2.13. The van der Waals surface area contributed by atoms with Gasteiger partial charge in [0.15, 0.2) is 5.78 Å². The summed E-state index contributed by atoms with van der Waals surface area (Å²) in [6.07, 6.45) is 3.36. The van der Waals surface area contributed by atoms with Gasteiger partial charge in [-0.2, -0.15) is 5.10 Å². The summed E-state index contributed by atoms with van der Waals surface area (Å²) in [5.41, 5.74) is 1.18. The van der Waals surface area contributed by atoms with Crippen LogP contribution in [-0.2, 0) is 4.79 Å². The smallest absolute Gasteiger partial charge is 0.248 e. The summed E-state index contributed by atoms with van der Waals surface area (Å²) in [5.74, 6) is -0.208. The van der Waals surface area contributed by atoms with Crippen LogP contribution in [0.4, 0.5) is 5.69 Å². The molecule has 1 aromatic carbocycles. The zero-order valence-corrected chi connectivity index (χ0v) is 10.8. The zero-order chi connectivity index (χ0) is 13.8. The van der Waals surface area contributed by atoms with Crippen LogP contribution in [-0.4, -0.2) is 21.5 Å². The Morgan fingerprint density at radius 2 is 2.11 bits per heavy atom. The number of carbonyl (C=O) groups is 2. The Balaban J connectivity index is 2.11. The van der Waals surface area contributed by atoms with E-state index in [-0.39, 0.29) is 11.7 Å². The first-order valence-corrected chi connectivity index (χ1v) is 5.99. The quantitative estimate of drug-likeness (QED) is 0.855. The Bertz CT molecular complexity index is 590. The molecule has 0 saturated carbocycles. The van der Waals surface area contributed by atoms with E-state index < -0.39 is 6.04 Å². The van der Waals surface area contributed by atoms with Gasteiger partial charge in [-0.15, -0.1) is 0 Å². The Hall–Kier alpha value is -2.43. The molecule has 0 fully saturated rings. The molecule has 0 spiro atoms. The number of rotatable bonds is 4. The molecule has 98 valence electrons. The van der Waals surface area contributed by atoms with E-state index in [0.29, 0.717) is 11.3 Å². The largest absolute Gasteiger partial charge is 0.324 e. The van der Waals surface area contributed by atoms with E-state index in [4.69, 9.17) is 0 Å². The first kappa shape index (κ1) is 13.0. The third-order valence-corrected chi connectivity index (χ3v) is 2.84. The molecule has 0 aliphatic carbocycles. The molecule has 0 bridgehead atoms. The second-order valence-corrected chi connectivity index (χ2v) is 4.29. The first-order chi connectivity index (χ1) is 9.08. The van der Waals surface area contributed by atoms with Crippen molar-refractivity contribution >= 4 is 17.4 Å². The summed E-state index contributed by atoms with van der Waals surface area (Å²) >= 11 is 0. The van der Waals surface area contributed by atoms with Gasteiger partial charge >= 0.3 is 0 Å². The molecule has 0 saturated heterocycles. The fraction of sp³-hybridized carbons (Fsp3) is 0.214. The lowest BCUT2D eigenvalue weighted by atomic mass is 10.1. The number of hydrogen-bond donors (Lipinski definition) is 1. The highest BCUT2D eigenvalue weighted by atomic mass is 16.2. The van der Waals surface area contributed by atoms with E-state index in [2.05, 4.69) is 10.4 Å². The molecular weight excluding hydrogens is 242 g/mol. The van der Waals surface area contributed by atoms with Gasteiger partial charge in [-0.3, -0.25) is 14.3 Å². The minimum absolute atomic E-state index is 0.0313. The molecule has 1 heterocycles. The van der Waals surface area contributed by atoms with Crippen molar-refractivity contribution in [2.45, 2.75) is 19.9 Å². The van der Waals surface area contributed by atoms with Crippen LogP contribution in [0.15, 0.2) is 42.7 Å². The Kier molecular flexibility index (Phi) is 3.75. The van der Waals surface area contributed by atoms with E-state index in [0.717, 1.165) is 0 Å². The monoisotopic (exact) mass is 257 g/mol. The van der Waals surface area contributed by atoms with Crippen LogP contribution >= 0.6 is 0 Å². The van der Waals surface area contributed by atoms with Gasteiger partial charge in [0.1, 0.15) is 6.04 Å². The van der Waals surface area contributed by atoms with Crippen molar-refractivity contribution in [3.05, 3.63) is 48.3 Å². The minimum Gasteiger partial charge on any atom is -0.324 e. The van der Waals surface area contributed by atoms with E-state index in [1.807, 2.05) is 0 Å². The molecule has 5 heteroatoms. The summed E-state index contributed by atoms with van der Waals surface area (Å²) in [6.45, 7) is 3.25. The van der Waals surface area contributed by atoms with Gasteiger partial charge in [-0.25, -0.2) is 0 Å². The SMILES string of the molecule is CC(=O)c1cccc(NC(=O)C(C)n2cccn2)c1. The molecule has 5 nitrogen and oxygen atoms in total. The Labute approximate surface area is 111 Å². The van der Waals surface area contributed by atoms with E-state index in [1.165, 1.54) is 6.92 Å². The molecule has 19 heavy (non-hydrogen) atoms. The Morgan fingerprint density at radius 3 is 2.74 bits per heavy atom. The highest BCUT2D eigenvalue weighted by Gasteiger charge is 2.15. The maximum Gasteiger partial charge on any atom is 0.248 e. The van der Waals surface area contributed by atoms with Crippen molar-refractivity contribution in [1.82, 2.24) is 9.78 Å². The van der Waals surface area contributed by atoms with E-state index >= 15 is 0 Å². The molecule has 1 atom stereocenters. The number of nitrogens with one attached hydrogen (secondary N) is 1. The van der Waals surface area contributed by atoms with Crippen molar-refractivity contribution < 1.29 is 9.59 Å². The zero-order valence-electron chi connectivity index (χ0n) is 10.8. The number of hydrogen-bond acceptors (Lipinski definition) is 3. The molecular formula is C14H15N3O2. The number of nitrogens with zero attached hydrogens (tertiary/aromatic N) is 2. The van der Waals surface area contributed by atoms with Gasteiger partial charge in [0.05, 0.1) is 0 Å². The number of anilines is 1. The standard InChI is InChI=1S/C14H15N3O2/c1-10(17-8-4-7-15-17)14(19)16-13-6-3-5-12(9-13)11(2)18/h3-10H,1-2H3,(H,16,19). The third kappa shape index (κ3) is 3.07. The summed E-state index contributed by atoms with van der Waals surface area (Å²) in [5, 5.41) is 6.80. The van der Waals surface area contributed by atoms with Crippen LogP contribution in [0.5, 0.6) is 0 Å². The van der Waals surface area contributed by atoms with Gasteiger partial charge < -0.3 is 5.32 Å². The molecule has 0 radical (unpaired) electrons. The topological polar surface area (TPSA) is 64.0 Å². The predicted octanol–water partition coefficient (Wildman–Crippen LogP) is 2.29. The lowest BCUT2D eigenvalue weighted by molar-refractivity contribution is -0.119. The average Bonchev–Trinajstić information content (AvgIpc) is 2.92. The fourth-order valence-corrected chi connectivity index (χ4v) is 1.69. The average molecular weight is 257 g/mol. The highest BCUT2D eigenvalue weighted by molar-refractivity contribution is 5.97. The summed E-state index contributed by atoms with van der Waals surface area (Å²) in [6, 6.07) is 8.23. The van der Waals surface area contributed by atoms with Gasteiger partial charge in [0, 0.05) is 23.6 Å². The maximum absolute atomic E-state index is 12.0. The van der Waals surface area contributed by atoms with Crippen molar-refractivity contribution in [3.8, 4) is 0 Å². The molecule has 1 N–H and O–H groups in total. The van der Waals surface area contributed by atoms with Gasteiger partial charge in [0.25, 0.3) is 0 Å². The van der Waals surface area contributed by atoms with Gasteiger partial charge in [-0.1, -0.05) is 12.1 Å². The van der Waals surface area contributed by atoms with Crippen molar-refractivity contribution in [2.75, 3.05) is 5.32 Å². The molecule has 1 amide bonds. The lowest BCUT2D eigenvalue weighted by Crippen LogP contribution is -2.24. The molecule has 1 aromatic heterocycles. The number of amides is 1. The highest BCUT2D eigenvalue weighted by Crippen LogP contribution is 2.13. The van der Waals surface area contributed by atoms with Crippen LogP contribution in [0, 0.1) is 0 Å². The van der Waals surface area contributed by atoms with E-state index in [9.17, 15) is 9.59 Å². The molecule has 1 unspecified atom stereocenters. The van der Waals surface area contributed by atoms with Crippen molar-refractivity contribution in [3.63, 3.8) is 0 Å². The number of aromatic nitrogens is 2. The molecule has 2 aromatic rings. The number of benzene rings is 1. The van der Waals surface area contributed by atoms with Gasteiger partial charge in [0.2, 0.25) is 5.91 Å². The summed E-state index contributed by atoms with van der Waals surface area (Å²) in [4.78, 5) is 23.3. The minimum atomic E-state index is -0.406. The number of carbonyl (C=O) groups excluding carboxylic acids is 2. The molecule has 0 aliphatic heterocycles. The molecule has 0 aliphatic rings. The predicted molar refractivity (Wildman–Crippen MR) is 72.0 cm³/mol. The van der Waals surface area contributed by atoms with Crippen LogP contribution in [0.25, 0.3) is 0 Å².